The summed E-state index contributed by atoms with van der Waals surface area (Å²) in [6, 6.07) is 5.74. The van der Waals surface area contributed by atoms with Gasteiger partial charge in [-0.3, -0.25) is 4.79 Å². The van der Waals surface area contributed by atoms with E-state index in [1.54, 1.807) is 11.8 Å². The number of amides is 3. The summed E-state index contributed by atoms with van der Waals surface area (Å²) < 4.78 is 0. The predicted molar refractivity (Wildman–Crippen MR) is 143 cm³/mol. The molecule has 3 N–H and O–H groups in total. The summed E-state index contributed by atoms with van der Waals surface area (Å²) in [6.07, 6.45) is 5.50. The van der Waals surface area contributed by atoms with Crippen LogP contribution >= 0.6 is 11.8 Å². The van der Waals surface area contributed by atoms with Crippen molar-refractivity contribution >= 4 is 35.4 Å². The third-order valence-electron chi connectivity index (χ3n) is 5.70. The molecule has 7 nitrogen and oxygen atoms in total. The number of thioether (sulfide) groups is 1. The summed E-state index contributed by atoms with van der Waals surface area (Å²) >= 11 is 1.79. The summed E-state index contributed by atoms with van der Waals surface area (Å²) in [5.41, 5.74) is 0.389. The quantitative estimate of drug-likeness (QED) is 0.456. The molecule has 3 amide bonds. The number of hydrogen-bond donors (Lipinski definition) is 3. The first kappa shape index (κ1) is 38.3. The molecular formula is C26H46N3NaO4S. The van der Waals surface area contributed by atoms with E-state index in [1.165, 1.54) is 44.0 Å². The zero-order valence-corrected chi connectivity index (χ0v) is 26.6. The second-order valence-corrected chi connectivity index (χ2v) is 9.14. The number of urea groups is 1. The van der Waals surface area contributed by atoms with Crippen molar-refractivity contribution in [1.82, 2.24) is 10.6 Å². The van der Waals surface area contributed by atoms with E-state index < -0.39 is 5.97 Å². The molecule has 2 rings (SSSR count). The van der Waals surface area contributed by atoms with Gasteiger partial charge in [-0.15, -0.1) is 0 Å². The minimum Gasteiger partial charge on any atom is -0.545 e. The number of hydrogen-bond acceptors (Lipinski definition) is 5. The van der Waals surface area contributed by atoms with Gasteiger partial charge in [0.2, 0.25) is 5.91 Å². The minimum absolute atomic E-state index is 0. The predicted octanol–water partition coefficient (Wildman–Crippen LogP) is 2.07. The summed E-state index contributed by atoms with van der Waals surface area (Å²) in [5, 5.41) is 19.1. The first-order valence-electron chi connectivity index (χ1n) is 12.1. The fraction of sp³-hybridized carbons (Fsp3) is 0.654. The van der Waals surface area contributed by atoms with Gasteiger partial charge in [-0.2, -0.15) is 11.8 Å². The molecular weight excluding hydrogens is 473 g/mol. The van der Waals surface area contributed by atoms with Crippen molar-refractivity contribution in [2.45, 2.75) is 92.7 Å². The normalized spacial score (nSPS) is 20.5. The maximum atomic E-state index is 11.6. The number of aromatic carboxylic acids is 1. The second-order valence-electron chi connectivity index (χ2n) is 8.27. The van der Waals surface area contributed by atoms with Gasteiger partial charge in [0.05, 0.1) is 17.0 Å². The molecule has 1 aromatic rings. The van der Waals surface area contributed by atoms with E-state index in [0.717, 1.165) is 18.1 Å². The van der Waals surface area contributed by atoms with E-state index in [0.29, 0.717) is 5.69 Å². The van der Waals surface area contributed by atoms with Crippen LogP contribution in [0.25, 0.3) is 0 Å². The topological polar surface area (TPSA) is 110 Å². The van der Waals surface area contributed by atoms with E-state index in [4.69, 9.17) is 0 Å². The Morgan fingerprint density at radius 1 is 1.06 bits per heavy atom. The van der Waals surface area contributed by atoms with Crippen molar-refractivity contribution in [1.29, 1.82) is 0 Å². The fourth-order valence-corrected chi connectivity index (χ4v) is 4.23. The zero-order valence-electron chi connectivity index (χ0n) is 23.8. The second kappa shape index (κ2) is 19.9. The molecule has 1 heterocycles. The van der Waals surface area contributed by atoms with E-state index in [9.17, 15) is 19.5 Å². The van der Waals surface area contributed by atoms with Crippen LogP contribution in [0.3, 0.4) is 0 Å². The third kappa shape index (κ3) is 13.6. The van der Waals surface area contributed by atoms with Crippen molar-refractivity contribution in [3.05, 3.63) is 29.8 Å². The molecule has 0 spiro atoms. The number of carbonyl (C=O) groups excluding carboxylic acids is 3. The van der Waals surface area contributed by atoms with Crippen molar-refractivity contribution in [3.63, 3.8) is 0 Å². The maximum Gasteiger partial charge on any atom is 1.00 e. The molecule has 0 saturated carbocycles. The molecule has 0 radical (unpaired) electrons. The summed E-state index contributed by atoms with van der Waals surface area (Å²) in [5.74, 6) is 0.251. The fourth-order valence-electron chi connectivity index (χ4n) is 3.26. The van der Waals surface area contributed by atoms with Crippen LogP contribution in [0.2, 0.25) is 0 Å². The van der Waals surface area contributed by atoms with Crippen LogP contribution in [0.5, 0.6) is 0 Å². The van der Waals surface area contributed by atoms with Gasteiger partial charge < -0.3 is 25.9 Å². The van der Waals surface area contributed by atoms with E-state index in [-0.39, 0.29) is 58.1 Å². The summed E-state index contributed by atoms with van der Waals surface area (Å²) in [4.78, 5) is 32.6. The molecule has 35 heavy (non-hydrogen) atoms. The number of rotatable bonds is 8. The van der Waals surface area contributed by atoms with Gasteiger partial charge in [-0.1, -0.05) is 60.1 Å². The number of benzene rings is 1. The Morgan fingerprint density at radius 3 is 1.94 bits per heavy atom. The molecule has 1 fully saturated rings. The first-order valence-corrected chi connectivity index (χ1v) is 13.5. The average molecular weight is 520 g/mol. The monoisotopic (exact) mass is 519 g/mol. The van der Waals surface area contributed by atoms with Gasteiger partial charge in [0.25, 0.3) is 0 Å². The van der Waals surface area contributed by atoms with Crippen molar-refractivity contribution < 1.29 is 49.0 Å². The molecule has 0 aliphatic carbocycles. The summed E-state index contributed by atoms with van der Waals surface area (Å²) in [6.45, 7) is 18.2. The molecule has 1 unspecified atom stereocenters. The number of carbonyl (C=O) groups is 3. The number of carboxylic acids is 1. The largest absolute Gasteiger partial charge is 1.00 e. The van der Waals surface area contributed by atoms with Gasteiger partial charge >= 0.3 is 35.6 Å². The minimum atomic E-state index is -1.23. The van der Waals surface area contributed by atoms with E-state index in [2.05, 4.69) is 49.9 Å². The average Bonchev–Trinajstić information content (AvgIpc) is 3.03. The number of carboxylic acid groups (broad SMARTS) is 1. The maximum absolute atomic E-state index is 11.6. The molecule has 1 aromatic carbocycles. The van der Waals surface area contributed by atoms with Gasteiger partial charge in [-0.05, 0) is 56.6 Å². The Bertz CT molecular complexity index is 749. The molecule has 9 heteroatoms. The van der Waals surface area contributed by atoms with Crippen molar-refractivity contribution in [2.75, 3.05) is 17.3 Å². The Kier molecular flexibility index (Phi) is 21.8. The Hall–Kier alpha value is -1.22. The van der Waals surface area contributed by atoms with Crippen LogP contribution in [0.1, 0.15) is 91.9 Å². The molecule has 1 saturated heterocycles. The van der Waals surface area contributed by atoms with Gasteiger partial charge in [-0.25, -0.2) is 4.79 Å². The summed E-state index contributed by atoms with van der Waals surface area (Å²) in [7, 11) is 0. The zero-order chi connectivity index (χ0) is 26.9. The first-order chi connectivity index (χ1) is 16.0. The van der Waals surface area contributed by atoms with E-state index >= 15 is 0 Å². The van der Waals surface area contributed by atoms with Crippen LogP contribution in [0.4, 0.5) is 10.5 Å². The molecule has 0 bridgehead atoms. The van der Waals surface area contributed by atoms with Crippen LogP contribution < -0.4 is 50.6 Å². The Balaban J connectivity index is -0.000000511. The van der Waals surface area contributed by atoms with E-state index in [1.807, 2.05) is 27.7 Å². The Labute approximate surface area is 239 Å². The van der Waals surface area contributed by atoms with Gasteiger partial charge in [0.15, 0.2) is 0 Å². The van der Waals surface area contributed by atoms with Crippen LogP contribution in [0, 0.1) is 5.92 Å². The van der Waals surface area contributed by atoms with Crippen LogP contribution in [0.15, 0.2) is 24.3 Å². The van der Waals surface area contributed by atoms with Crippen molar-refractivity contribution in [3.8, 4) is 0 Å². The molecule has 3 atom stereocenters. The molecule has 0 aromatic heterocycles. The number of nitrogens with one attached hydrogen (secondary N) is 3. The van der Waals surface area contributed by atoms with Crippen LogP contribution in [-0.2, 0) is 4.79 Å². The molecule has 196 valence electrons. The molecule has 1 aliphatic heterocycles. The molecule has 1 aliphatic rings. The van der Waals surface area contributed by atoms with Crippen LogP contribution in [-0.4, -0.2) is 41.0 Å². The number of anilines is 1. The Morgan fingerprint density at radius 2 is 1.54 bits per heavy atom. The SMILES string of the molecule is CC.CC.CC(=O)Nc1ccc(C(=O)[O-])cc1.CCC(C)CC[C@@]1(C)NC(=O)N[C@@]1(C)CSC.[Na+]. The van der Waals surface area contributed by atoms with Gasteiger partial charge in [0, 0.05) is 18.4 Å². The van der Waals surface area contributed by atoms with Gasteiger partial charge in [0.1, 0.15) is 0 Å². The standard InChI is InChI=1S/C13H26N2OS.C9H9NO3.2C2H6.Na/c1-6-10(2)7-8-12(3)13(4,9-17-5)15-11(16)14-12;1-6(11)10-8-4-2-7(3-5-8)9(12)13;2*1-2;/h10H,6-9H2,1-5H3,(H2,14,15,16);2-5H,1H3,(H,10,11)(H,12,13);2*1-2H3;/q;;;;+1/p-1/t10?,12-,13+;;;;/m1..../s1. The van der Waals surface area contributed by atoms with Crippen molar-refractivity contribution in [2.24, 2.45) is 5.92 Å². The third-order valence-corrected chi connectivity index (χ3v) is 6.57. The smallest absolute Gasteiger partial charge is 0.545 e.